The largest absolute Gasteiger partial charge is 0.431 e. The smallest absolute Gasteiger partial charge is 0.361 e. The molecule has 3 aromatic carbocycles. The summed E-state index contributed by atoms with van der Waals surface area (Å²) in [5.74, 6) is 1.57. The van der Waals surface area contributed by atoms with Crippen molar-refractivity contribution in [1.82, 2.24) is 44.1 Å². The van der Waals surface area contributed by atoms with Gasteiger partial charge in [-0.1, -0.05) is 54.6 Å². The van der Waals surface area contributed by atoms with Crippen molar-refractivity contribution in [1.29, 1.82) is 0 Å². The normalized spacial score (nSPS) is 14.3. The lowest BCUT2D eigenvalue weighted by atomic mass is 10.0. The van der Waals surface area contributed by atoms with Crippen molar-refractivity contribution in [3.05, 3.63) is 121 Å². The molecule has 0 aliphatic heterocycles. The molecule has 328 valence electrons. The number of anilines is 2. The highest BCUT2D eigenvalue weighted by Crippen LogP contribution is 2.52. The number of benzene rings is 3. The fraction of sp³-hybridized carbons (Fsp3) is 0.317. The van der Waals surface area contributed by atoms with Crippen molar-refractivity contribution >= 4 is 59.4 Å². The minimum Gasteiger partial charge on any atom is -0.431 e. The Hall–Kier alpha value is -5.45. The third-order valence-corrected chi connectivity index (χ3v) is 12.4. The van der Waals surface area contributed by atoms with Crippen molar-refractivity contribution < 1.29 is 32.4 Å². The Kier molecular flexibility index (Phi) is 16.0. The van der Waals surface area contributed by atoms with Crippen LogP contribution in [0.15, 0.2) is 104 Å². The summed E-state index contributed by atoms with van der Waals surface area (Å²) in [5, 5.41) is 3.04. The molecule has 2 unspecified atom stereocenters. The quantitative estimate of drug-likeness (QED) is 0.0490. The first-order valence-corrected chi connectivity index (χ1v) is 24.1. The Morgan fingerprint density at radius 2 is 1.18 bits per heavy atom. The summed E-state index contributed by atoms with van der Waals surface area (Å²) < 4.78 is 58.3. The number of nitrogens with zero attached hydrogens (tertiary/aromatic N) is 8. The highest BCUT2D eigenvalue weighted by molar-refractivity contribution is 7.85. The molecular formula is C41H50ClN11O7P2. The highest BCUT2D eigenvalue weighted by Gasteiger charge is 2.27. The van der Waals surface area contributed by atoms with Gasteiger partial charge in [-0.05, 0) is 79.9 Å². The van der Waals surface area contributed by atoms with Gasteiger partial charge in [0, 0.05) is 6.54 Å². The lowest BCUT2D eigenvalue weighted by Gasteiger charge is -2.23. The van der Waals surface area contributed by atoms with Crippen LogP contribution in [0.4, 0.5) is 11.6 Å². The monoisotopic (exact) mass is 905 g/mol. The van der Waals surface area contributed by atoms with Gasteiger partial charge in [-0.2, -0.15) is 0 Å². The van der Waals surface area contributed by atoms with Crippen molar-refractivity contribution in [2.75, 3.05) is 37.3 Å². The summed E-state index contributed by atoms with van der Waals surface area (Å²) in [6.45, 7) is 6.50. The summed E-state index contributed by atoms with van der Waals surface area (Å²) >= 11 is 5.96. The number of nitrogens with one attached hydrogen (secondary N) is 1. The van der Waals surface area contributed by atoms with Crippen LogP contribution < -0.4 is 25.6 Å². The molecule has 0 radical (unpaired) electrons. The van der Waals surface area contributed by atoms with E-state index in [1.807, 2.05) is 48.7 Å². The van der Waals surface area contributed by atoms with E-state index in [1.165, 1.54) is 29.3 Å². The molecule has 7 aromatic rings. The Balaban J connectivity index is 0.000000223. The minimum absolute atomic E-state index is 0.121. The van der Waals surface area contributed by atoms with Gasteiger partial charge >= 0.3 is 14.2 Å². The maximum Gasteiger partial charge on any atom is 0.361 e. The molecule has 0 amide bonds. The molecule has 7 rings (SSSR count). The third kappa shape index (κ3) is 13.0. The summed E-state index contributed by atoms with van der Waals surface area (Å²) in [4.78, 5) is 24.8. The van der Waals surface area contributed by atoms with Crippen molar-refractivity contribution in [3.63, 3.8) is 0 Å². The molecule has 5 N–H and O–H groups in total. The lowest BCUT2D eigenvalue weighted by Crippen LogP contribution is -2.25. The second-order valence-electron chi connectivity index (χ2n) is 14.3. The highest BCUT2D eigenvalue weighted by atomic mass is 35.7. The van der Waals surface area contributed by atoms with Crippen LogP contribution in [0.5, 0.6) is 11.5 Å². The van der Waals surface area contributed by atoms with Gasteiger partial charge in [-0.3, -0.25) is 9.13 Å². The topological polar surface area (TPSA) is 232 Å². The first kappa shape index (κ1) is 46.1. The number of aromatic nitrogens is 8. The first-order chi connectivity index (χ1) is 29.8. The molecule has 0 spiro atoms. The molecule has 4 heterocycles. The lowest BCUT2D eigenvalue weighted by molar-refractivity contribution is 0.0815. The number of nitrogens with two attached hydrogens (primary N) is 2. The van der Waals surface area contributed by atoms with Gasteiger partial charge < -0.3 is 43.9 Å². The van der Waals surface area contributed by atoms with E-state index in [9.17, 15) is 9.13 Å². The maximum absolute atomic E-state index is 13.7. The van der Waals surface area contributed by atoms with E-state index in [0.29, 0.717) is 78.3 Å². The molecule has 0 aliphatic carbocycles. The maximum atomic E-state index is 13.7. The zero-order chi connectivity index (χ0) is 44.1. The predicted molar refractivity (Wildman–Crippen MR) is 239 cm³/mol. The van der Waals surface area contributed by atoms with Gasteiger partial charge in [0.2, 0.25) is 0 Å². The number of hydrogen-bond acceptors (Lipinski definition) is 15. The van der Waals surface area contributed by atoms with Gasteiger partial charge in [0.05, 0.1) is 51.2 Å². The molecule has 0 saturated heterocycles. The summed E-state index contributed by atoms with van der Waals surface area (Å²) in [5.41, 5.74) is 17.5. The van der Waals surface area contributed by atoms with Crippen LogP contribution >= 0.6 is 25.5 Å². The fourth-order valence-corrected chi connectivity index (χ4v) is 9.01. The van der Waals surface area contributed by atoms with E-state index in [1.54, 1.807) is 53.6 Å². The van der Waals surface area contributed by atoms with Crippen molar-refractivity contribution in [2.24, 2.45) is 0 Å². The predicted octanol–water partition coefficient (Wildman–Crippen LogP) is 7.75. The number of hydrogen-bond donors (Lipinski definition) is 3. The van der Waals surface area contributed by atoms with Crippen LogP contribution in [0, 0.1) is 13.8 Å². The number of rotatable bonds is 20. The molecule has 0 fully saturated rings. The second-order valence-corrected chi connectivity index (χ2v) is 19.5. The van der Waals surface area contributed by atoms with Crippen LogP contribution in [0.2, 0.25) is 0 Å². The average molecular weight is 906 g/mol. The number of para-hydroxylation sites is 2. The summed E-state index contributed by atoms with van der Waals surface area (Å²) in [6.07, 6.45) is 5.09. The zero-order valence-corrected chi connectivity index (χ0v) is 37.3. The van der Waals surface area contributed by atoms with Crippen molar-refractivity contribution in [2.45, 2.75) is 59.6 Å². The minimum atomic E-state index is -3.43. The average Bonchev–Trinajstić information content (AvgIpc) is 3.86. The molecule has 4 aromatic heterocycles. The number of halogens is 1. The molecule has 0 bridgehead atoms. The molecule has 18 nitrogen and oxygen atoms in total. The summed E-state index contributed by atoms with van der Waals surface area (Å²) in [6, 6.07) is 24.0. The van der Waals surface area contributed by atoms with Crippen LogP contribution in [0.1, 0.15) is 30.5 Å². The second kappa shape index (κ2) is 21.6. The van der Waals surface area contributed by atoms with E-state index in [2.05, 4.69) is 61.0 Å². The van der Waals surface area contributed by atoms with Crippen LogP contribution in [0.25, 0.3) is 22.3 Å². The van der Waals surface area contributed by atoms with E-state index < -0.39 is 14.2 Å². The molecule has 0 saturated carbocycles. The molecule has 21 heteroatoms. The number of aryl methyl sites for hydroxylation is 2. The molecular weight excluding hydrogens is 856 g/mol. The van der Waals surface area contributed by atoms with Gasteiger partial charge in [-0.15, -0.1) is 0 Å². The van der Waals surface area contributed by atoms with Gasteiger partial charge in [0.15, 0.2) is 22.9 Å². The van der Waals surface area contributed by atoms with Crippen LogP contribution in [0.3, 0.4) is 0 Å². The number of imidazole rings is 2. The molecule has 0 aliphatic rings. The van der Waals surface area contributed by atoms with Crippen molar-refractivity contribution in [3.8, 4) is 11.5 Å². The van der Waals surface area contributed by atoms with E-state index in [-0.39, 0.29) is 24.9 Å². The van der Waals surface area contributed by atoms with Gasteiger partial charge in [0.1, 0.15) is 47.9 Å². The van der Waals surface area contributed by atoms with Crippen LogP contribution in [-0.2, 0) is 43.0 Å². The number of ether oxygens (including phenoxy) is 3. The van der Waals surface area contributed by atoms with E-state index in [4.69, 9.17) is 46.0 Å². The fourth-order valence-electron chi connectivity index (χ4n) is 6.13. The van der Waals surface area contributed by atoms with Crippen LogP contribution in [-0.4, -0.2) is 77.1 Å². The van der Waals surface area contributed by atoms with Gasteiger partial charge in [0.25, 0.3) is 0 Å². The Morgan fingerprint density at radius 1 is 0.677 bits per heavy atom. The molecule has 62 heavy (non-hydrogen) atoms. The Labute approximate surface area is 364 Å². The number of nitrogen functional groups attached to an aromatic ring is 2. The third-order valence-electron chi connectivity index (χ3n) is 9.28. The summed E-state index contributed by atoms with van der Waals surface area (Å²) in [7, 11) is -3.40. The molecule has 4 atom stereocenters. The SMILES string of the molecule is C[C@H](Cn1cnc2c(N)ncnc21)OCP(=O)(Cl)Oc1ccccc1.Cc1cccc(C)c1COCCNP(=O)(CO[C@H](C)Cn1cnc2c(N)ncnc21)Oc1ccccc1. The number of fused-ring (bicyclic) bond motifs is 2. The standard InChI is InChI=1S/C26H33N6O4P.C15H17ClN5O3P/c1-19-8-7-9-20(2)23(19)15-34-13-12-31-37(33,36-22-10-5-4-6-11-22)18-35-21(3)14-32-17-30-24-25(27)28-16-29-26(24)32;1-11(7-21-9-20-13-14(17)18-8-19-15(13)21)23-10-25(16,22)24-12-5-3-2-4-6-12/h4-11,16-17,21H,12-15,18H2,1-3H3,(H,31,33)(H2,27,28,29);2-6,8-9,11H,7,10H2,1H3,(H2,17,18,19)/t21-,37?;11-,25?/m11/s1. The Bertz CT molecular complexity index is 2600. The van der Waals surface area contributed by atoms with E-state index in [0.717, 1.165) is 0 Å². The first-order valence-electron chi connectivity index (χ1n) is 19.6. The zero-order valence-electron chi connectivity index (χ0n) is 34.8. The van der Waals surface area contributed by atoms with Gasteiger partial charge in [-0.25, -0.2) is 35.0 Å². The Morgan fingerprint density at radius 3 is 1.71 bits per heavy atom. The van der Waals surface area contributed by atoms with E-state index >= 15 is 0 Å².